The van der Waals surface area contributed by atoms with Crippen LogP contribution < -0.4 is 10.6 Å². The van der Waals surface area contributed by atoms with Crippen LogP contribution in [0.25, 0.3) is 5.82 Å². The van der Waals surface area contributed by atoms with Crippen LogP contribution in [-0.4, -0.2) is 37.6 Å². The number of nitrogens with zero attached hydrogens (tertiary/aromatic N) is 4. The monoisotopic (exact) mass is 316 g/mol. The van der Waals surface area contributed by atoms with Gasteiger partial charge in [0.15, 0.2) is 5.82 Å². The van der Waals surface area contributed by atoms with E-state index in [1.165, 1.54) is 17.9 Å². The normalized spacial score (nSPS) is 12.0. The number of carbonyl (C=O) groups is 2. The van der Waals surface area contributed by atoms with E-state index in [9.17, 15) is 9.59 Å². The van der Waals surface area contributed by atoms with E-state index in [-0.39, 0.29) is 24.3 Å². The number of rotatable bonds is 6. The summed E-state index contributed by atoms with van der Waals surface area (Å²) in [4.78, 5) is 31.7. The van der Waals surface area contributed by atoms with E-state index in [1.807, 2.05) is 19.9 Å². The molecule has 2 aromatic heterocycles. The zero-order valence-electron chi connectivity index (χ0n) is 13.4. The predicted octanol–water partition coefficient (Wildman–Crippen LogP) is 0.439. The Morgan fingerprint density at radius 2 is 2.13 bits per heavy atom. The minimum absolute atomic E-state index is 0.0115. The summed E-state index contributed by atoms with van der Waals surface area (Å²) in [5.74, 6) is 0.126. The molecule has 0 aliphatic heterocycles. The highest BCUT2D eigenvalue weighted by Crippen LogP contribution is 2.10. The van der Waals surface area contributed by atoms with Crippen molar-refractivity contribution in [3.05, 3.63) is 36.5 Å². The van der Waals surface area contributed by atoms with Crippen molar-refractivity contribution in [2.75, 3.05) is 0 Å². The topological polar surface area (TPSA) is 102 Å². The molecule has 122 valence electrons. The second-order valence-electron chi connectivity index (χ2n) is 5.47. The number of aromatic nitrogens is 4. The maximum atomic E-state index is 12.3. The van der Waals surface area contributed by atoms with Gasteiger partial charge in [0.25, 0.3) is 0 Å². The second kappa shape index (κ2) is 7.48. The largest absolute Gasteiger partial charge is 0.350 e. The summed E-state index contributed by atoms with van der Waals surface area (Å²) >= 11 is 0. The van der Waals surface area contributed by atoms with Crippen molar-refractivity contribution in [2.24, 2.45) is 5.92 Å². The molecule has 2 N–H and O–H groups in total. The van der Waals surface area contributed by atoms with Gasteiger partial charge in [0, 0.05) is 25.2 Å². The molecule has 23 heavy (non-hydrogen) atoms. The van der Waals surface area contributed by atoms with Crippen LogP contribution in [0, 0.1) is 5.92 Å². The first-order valence-electron chi connectivity index (χ1n) is 7.32. The van der Waals surface area contributed by atoms with Gasteiger partial charge in [-0.3, -0.25) is 9.59 Å². The van der Waals surface area contributed by atoms with E-state index < -0.39 is 6.04 Å². The molecule has 8 nitrogen and oxygen atoms in total. The highest BCUT2D eigenvalue weighted by atomic mass is 16.2. The van der Waals surface area contributed by atoms with Crippen molar-refractivity contribution in [3.8, 4) is 5.82 Å². The molecule has 0 radical (unpaired) electrons. The summed E-state index contributed by atoms with van der Waals surface area (Å²) in [6.07, 6.45) is 4.61. The van der Waals surface area contributed by atoms with Gasteiger partial charge in [-0.2, -0.15) is 5.10 Å². The molecule has 0 aromatic carbocycles. The Morgan fingerprint density at radius 1 is 1.35 bits per heavy atom. The van der Waals surface area contributed by atoms with Crippen LogP contribution in [0.3, 0.4) is 0 Å². The van der Waals surface area contributed by atoms with Gasteiger partial charge in [-0.15, -0.1) is 0 Å². The van der Waals surface area contributed by atoms with Gasteiger partial charge in [0.05, 0.1) is 0 Å². The minimum Gasteiger partial charge on any atom is -0.350 e. The Balaban J connectivity index is 2.09. The van der Waals surface area contributed by atoms with Crippen molar-refractivity contribution in [1.82, 2.24) is 30.4 Å². The maximum absolute atomic E-state index is 12.3. The lowest BCUT2D eigenvalue weighted by Gasteiger charge is -2.21. The van der Waals surface area contributed by atoms with E-state index in [2.05, 4.69) is 25.7 Å². The fourth-order valence-electron chi connectivity index (χ4n) is 2.14. The Morgan fingerprint density at radius 3 is 2.74 bits per heavy atom. The average molecular weight is 316 g/mol. The minimum atomic E-state index is -0.570. The van der Waals surface area contributed by atoms with Crippen LogP contribution in [-0.2, 0) is 16.1 Å². The van der Waals surface area contributed by atoms with E-state index in [1.54, 1.807) is 18.6 Å². The standard InChI is InChI=1S/C15H20N6O2/c1-10(2)13(20-11(3)22)15(23)18-7-12-5-4-6-17-14(12)21-9-16-8-19-21/h4-6,8-10,13H,7H2,1-3H3,(H,18,23)(H,20,22)/t13-/m1/s1. The molecule has 0 saturated carbocycles. The van der Waals surface area contributed by atoms with Crippen LogP contribution >= 0.6 is 0 Å². The lowest BCUT2D eigenvalue weighted by Crippen LogP contribution is -2.48. The smallest absolute Gasteiger partial charge is 0.243 e. The van der Waals surface area contributed by atoms with Gasteiger partial charge in [-0.1, -0.05) is 19.9 Å². The van der Waals surface area contributed by atoms with Crippen molar-refractivity contribution in [3.63, 3.8) is 0 Å². The first-order valence-corrected chi connectivity index (χ1v) is 7.32. The molecule has 1 atom stereocenters. The van der Waals surface area contributed by atoms with Crippen LogP contribution in [0.2, 0.25) is 0 Å². The highest BCUT2D eigenvalue weighted by Gasteiger charge is 2.22. The summed E-state index contributed by atoms with van der Waals surface area (Å²) in [5.41, 5.74) is 0.802. The van der Waals surface area contributed by atoms with Crippen LogP contribution in [0.4, 0.5) is 0 Å². The van der Waals surface area contributed by atoms with Gasteiger partial charge < -0.3 is 10.6 Å². The maximum Gasteiger partial charge on any atom is 0.243 e. The lowest BCUT2D eigenvalue weighted by molar-refractivity contribution is -0.129. The quantitative estimate of drug-likeness (QED) is 0.805. The number of hydrogen-bond acceptors (Lipinski definition) is 5. The second-order valence-corrected chi connectivity index (χ2v) is 5.47. The molecule has 0 spiro atoms. The Kier molecular flexibility index (Phi) is 5.40. The van der Waals surface area contributed by atoms with Crippen LogP contribution in [0.5, 0.6) is 0 Å². The Hall–Kier alpha value is -2.77. The van der Waals surface area contributed by atoms with Crippen molar-refractivity contribution < 1.29 is 9.59 Å². The van der Waals surface area contributed by atoms with Crippen molar-refractivity contribution >= 4 is 11.8 Å². The molecular weight excluding hydrogens is 296 g/mol. The van der Waals surface area contributed by atoms with Gasteiger partial charge >= 0.3 is 0 Å². The number of nitrogens with one attached hydrogen (secondary N) is 2. The molecule has 2 amide bonds. The van der Waals surface area contributed by atoms with Crippen molar-refractivity contribution in [2.45, 2.75) is 33.4 Å². The third kappa shape index (κ3) is 4.35. The van der Waals surface area contributed by atoms with E-state index in [0.717, 1.165) is 5.56 Å². The SMILES string of the molecule is CC(=O)N[C@@H](C(=O)NCc1cccnc1-n1cncn1)C(C)C. The molecule has 0 aliphatic rings. The zero-order chi connectivity index (χ0) is 16.8. The fraction of sp³-hybridized carbons (Fsp3) is 0.400. The number of carbonyl (C=O) groups excluding carboxylic acids is 2. The molecule has 0 saturated heterocycles. The van der Waals surface area contributed by atoms with Gasteiger partial charge in [-0.05, 0) is 12.0 Å². The van der Waals surface area contributed by atoms with Gasteiger partial charge in [0.2, 0.25) is 11.8 Å². The number of pyridine rings is 1. The van der Waals surface area contributed by atoms with E-state index in [0.29, 0.717) is 5.82 Å². The molecular formula is C15H20N6O2. The molecule has 0 fully saturated rings. The Bertz CT molecular complexity index is 668. The number of hydrogen-bond donors (Lipinski definition) is 2. The van der Waals surface area contributed by atoms with Gasteiger partial charge in [-0.25, -0.2) is 14.6 Å². The van der Waals surface area contributed by atoms with E-state index in [4.69, 9.17) is 0 Å². The molecule has 2 aromatic rings. The first-order chi connectivity index (χ1) is 11.0. The number of amides is 2. The predicted molar refractivity (Wildman–Crippen MR) is 83.4 cm³/mol. The lowest BCUT2D eigenvalue weighted by atomic mass is 10.0. The fourth-order valence-corrected chi connectivity index (χ4v) is 2.14. The third-order valence-corrected chi connectivity index (χ3v) is 3.26. The zero-order valence-corrected chi connectivity index (χ0v) is 13.4. The summed E-state index contributed by atoms with van der Waals surface area (Å²) in [5, 5.41) is 9.55. The molecule has 0 aliphatic carbocycles. The summed E-state index contributed by atoms with van der Waals surface area (Å²) in [6, 6.07) is 3.07. The summed E-state index contributed by atoms with van der Waals surface area (Å²) < 4.78 is 1.54. The molecule has 8 heteroatoms. The highest BCUT2D eigenvalue weighted by molar-refractivity contribution is 5.87. The van der Waals surface area contributed by atoms with Gasteiger partial charge in [0.1, 0.15) is 18.7 Å². The molecule has 2 rings (SSSR count). The third-order valence-electron chi connectivity index (χ3n) is 3.26. The molecule has 0 bridgehead atoms. The van der Waals surface area contributed by atoms with Crippen LogP contribution in [0.15, 0.2) is 31.0 Å². The van der Waals surface area contributed by atoms with E-state index >= 15 is 0 Å². The molecule has 0 unspecified atom stereocenters. The average Bonchev–Trinajstić information content (AvgIpc) is 3.04. The summed E-state index contributed by atoms with van der Waals surface area (Å²) in [6.45, 7) is 5.44. The first kappa shape index (κ1) is 16.6. The van der Waals surface area contributed by atoms with Crippen molar-refractivity contribution in [1.29, 1.82) is 0 Å². The summed E-state index contributed by atoms with van der Waals surface area (Å²) in [7, 11) is 0. The van der Waals surface area contributed by atoms with Crippen LogP contribution in [0.1, 0.15) is 26.3 Å². The Labute approximate surface area is 134 Å². The molecule has 2 heterocycles.